The Balaban J connectivity index is 2.87. The van der Waals surface area contributed by atoms with Crippen molar-refractivity contribution in [2.24, 2.45) is 0 Å². The molecule has 3 nitrogen and oxygen atoms in total. The maximum absolute atomic E-state index is 10.6. The van der Waals surface area contributed by atoms with Gasteiger partial charge in [-0.15, -0.1) is 11.3 Å². The third-order valence-corrected chi connectivity index (χ3v) is 2.74. The molecule has 0 atom stereocenters. The highest BCUT2D eigenvalue weighted by Crippen LogP contribution is 2.20. The molecule has 70 valence electrons. The summed E-state index contributed by atoms with van der Waals surface area (Å²) in [5, 5.41) is 10.4. The average molecular weight is 198 g/mol. The predicted octanol–water partition coefficient (Wildman–Crippen LogP) is 1.30. The summed E-state index contributed by atoms with van der Waals surface area (Å²) in [6, 6.07) is 0. The highest BCUT2D eigenvalue weighted by atomic mass is 32.1. The van der Waals surface area contributed by atoms with Crippen molar-refractivity contribution < 1.29 is 14.7 Å². The third kappa shape index (κ3) is 2.23. The molecule has 0 aliphatic heterocycles. The number of aryl methyl sites for hydroxylation is 1. The van der Waals surface area contributed by atoms with Crippen molar-refractivity contribution >= 4 is 23.9 Å². The Morgan fingerprint density at radius 3 is 2.69 bits per heavy atom. The summed E-state index contributed by atoms with van der Waals surface area (Å²) in [6.07, 6.45) is 2.66. The first-order chi connectivity index (χ1) is 6.33. The van der Waals surface area contributed by atoms with E-state index in [1.165, 1.54) is 11.3 Å². The van der Waals surface area contributed by atoms with Crippen LogP contribution in [0.15, 0.2) is 5.38 Å². The fourth-order valence-electron chi connectivity index (χ4n) is 1.11. The molecule has 1 aromatic rings. The number of hydrogen-bond acceptors (Lipinski definition) is 4. The first kappa shape index (κ1) is 10.1. The van der Waals surface area contributed by atoms with E-state index in [4.69, 9.17) is 5.11 Å². The van der Waals surface area contributed by atoms with Crippen molar-refractivity contribution in [1.29, 1.82) is 0 Å². The van der Waals surface area contributed by atoms with Crippen LogP contribution in [0.4, 0.5) is 0 Å². The zero-order chi connectivity index (χ0) is 9.68. The molecule has 0 spiro atoms. The van der Waals surface area contributed by atoms with Crippen LogP contribution in [0.25, 0.3) is 0 Å². The van der Waals surface area contributed by atoms with Crippen LogP contribution in [-0.2, 0) is 6.42 Å². The summed E-state index contributed by atoms with van der Waals surface area (Å²) in [4.78, 5) is 21.6. The number of carbonyl (C=O) groups excluding carboxylic acids is 2. The zero-order valence-electron chi connectivity index (χ0n) is 7.03. The van der Waals surface area contributed by atoms with E-state index >= 15 is 0 Å². The van der Waals surface area contributed by atoms with E-state index in [2.05, 4.69) is 0 Å². The molecule has 0 unspecified atom stereocenters. The topological polar surface area (TPSA) is 54.4 Å². The van der Waals surface area contributed by atoms with Gasteiger partial charge in [-0.1, -0.05) is 0 Å². The number of rotatable bonds is 5. The second kappa shape index (κ2) is 4.89. The summed E-state index contributed by atoms with van der Waals surface area (Å²) >= 11 is 1.27. The van der Waals surface area contributed by atoms with E-state index in [0.29, 0.717) is 35.9 Å². The summed E-state index contributed by atoms with van der Waals surface area (Å²) < 4.78 is 0. The van der Waals surface area contributed by atoms with E-state index in [-0.39, 0.29) is 6.61 Å². The number of aldehydes is 2. The third-order valence-electron chi connectivity index (χ3n) is 1.77. The zero-order valence-corrected chi connectivity index (χ0v) is 7.84. The Hall–Kier alpha value is -1.00. The molecule has 1 heterocycles. The Morgan fingerprint density at radius 1 is 1.38 bits per heavy atom. The van der Waals surface area contributed by atoms with Crippen LogP contribution in [-0.4, -0.2) is 24.3 Å². The molecular weight excluding hydrogens is 188 g/mol. The van der Waals surface area contributed by atoms with Gasteiger partial charge in [-0.25, -0.2) is 0 Å². The minimum Gasteiger partial charge on any atom is -0.396 e. The predicted molar refractivity (Wildman–Crippen MR) is 50.5 cm³/mol. The van der Waals surface area contributed by atoms with Crippen molar-refractivity contribution in [2.45, 2.75) is 12.8 Å². The Kier molecular flexibility index (Phi) is 3.79. The fourth-order valence-corrected chi connectivity index (χ4v) is 1.98. The molecule has 0 saturated heterocycles. The maximum Gasteiger partial charge on any atom is 0.160 e. The summed E-state index contributed by atoms with van der Waals surface area (Å²) in [7, 11) is 0. The van der Waals surface area contributed by atoms with Crippen LogP contribution in [0.5, 0.6) is 0 Å². The quantitative estimate of drug-likeness (QED) is 0.725. The fraction of sp³-hybridized carbons (Fsp3) is 0.333. The Bertz CT molecular complexity index is 304. The highest BCUT2D eigenvalue weighted by molar-refractivity contribution is 7.12. The van der Waals surface area contributed by atoms with Gasteiger partial charge < -0.3 is 5.11 Å². The molecule has 1 rings (SSSR count). The van der Waals surface area contributed by atoms with Gasteiger partial charge in [0.25, 0.3) is 0 Å². The van der Waals surface area contributed by atoms with Crippen molar-refractivity contribution in [3.05, 3.63) is 21.4 Å². The minimum absolute atomic E-state index is 0.102. The van der Waals surface area contributed by atoms with Crippen LogP contribution in [0, 0.1) is 0 Å². The Labute approximate surface area is 80.0 Å². The van der Waals surface area contributed by atoms with E-state index in [9.17, 15) is 9.59 Å². The lowest BCUT2D eigenvalue weighted by molar-refractivity contribution is 0.109. The van der Waals surface area contributed by atoms with Gasteiger partial charge in [-0.2, -0.15) is 0 Å². The van der Waals surface area contributed by atoms with Gasteiger partial charge in [0.05, 0.1) is 4.88 Å². The van der Waals surface area contributed by atoms with Crippen molar-refractivity contribution in [2.75, 3.05) is 6.61 Å². The number of thiophene rings is 1. The molecule has 0 saturated carbocycles. The van der Waals surface area contributed by atoms with Gasteiger partial charge in [0.1, 0.15) is 0 Å². The lowest BCUT2D eigenvalue weighted by Gasteiger charge is -1.95. The lowest BCUT2D eigenvalue weighted by Crippen LogP contribution is -1.93. The largest absolute Gasteiger partial charge is 0.396 e. The number of aliphatic hydroxyl groups is 1. The smallest absolute Gasteiger partial charge is 0.160 e. The van der Waals surface area contributed by atoms with Gasteiger partial charge in [-0.3, -0.25) is 9.59 Å². The monoisotopic (exact) mass is 198 g/mol. The molecule has 13 heavy (non-hydrogen) atoms. The van der Waals surface area contributed by atoms with Crippen LogP contribution in [0.2, 0.25) is 0 Å². The van der Waals surface area contributed by atoms with Gasteiger partial charge in [-0.05, 0) is 23.8 Å². The van der Waals surface area contributed by atoms with Crippen LogP contribution < -0.4 is 0 Å². The SMILES string of the molecule is O=Cc1scc(CCCO)c1C=O. The van der Waals surface area contributed by atoms with Crippen molar-refractivity contribution in [3.63, 3.8) is 0 Å². The van der Waals surface area contributed by atoms with Gasteiger partial charge >= 0.3 is 0 Å². The molecule has 0 aliphatic rings. The molecule has 1 N–H and O–H groups in total. The molecule has 0 aromatic carbocycles. The summed E-state index contributed by atoms with van der Waals surface area (Å²) in [5.41, 5.74) is 1.34. The van der Waals surface area contributed by atoms with E-state index < -0.39 is 0 Å². The van der Waals surface area contributed by atoms with Crippen LogP contribution in [0.3, 0.4) is 0 Å². The standard InChI is InChI=1S/C9H10O3S/c10-3-1-2-7-6-13-9(5-12)8(7)4-11/h4-6,10H,1-3H2. The molecule has 1 aromatic heterocycles. The molecule has 0 bridgehead atoms. The first-order valence-corrected chi connectivity index (χ1v) is 4.83. The molecule has 0 amide bonds. The number of aliphatic hydroxyl groups excluding tert-OH is 1. The van der Waals surface area contributed by atoms with Crippen molar-refractivity contribution in [3.8, 4) is 0 Å². The van der Waals surface area contributed by atoms with Crippen LogP contribution in [0.1, 0.15) is 32.0 Å². The highest BCUT2D eigenvalue weighted by Gasteiger charge is 2.09. The summed E-state index contributed by atoms with van der Waals surface area (Å²) in [5.74, 6) is 0. The normalized spacial score (nSPS) is 9.92. The lowest BCUT2D eigenvalue weighted by atomic mass is 10.1. The number of carbonyl (C=O) groups is 2. The maximum atomic E-state index is 10.6. The second-order valence-electron chi connectivity index (χ2n) is 2.60. The average Bonchev–Trinajstić information content (AvgIpc) is 2.56. The molecular formula is C9H10O3S. The molecule has 0 radical (unpaired) electrons. The molecule has 0 aliphatic carbocycles. The van der Waals surface area contributed by atoms with E-state index in [1.54, 1.807) is 5.38 Å². The second-order valence-corrected chi connectivity index (χ2v) is 3.51. The van der Waals surface area contributed by atoms with Gasteiger partial charge in [0.2, 0.25) is 0 Å². The first-order valence-electron chi connectivity index (χ1n) is 3.95. The van der Waals surface area contributed by atoms with Gasteiger partial charge in [0, 0.05) is 12.2 Å². The van der Waals surface area contributed by atoms with E-state index in [0.717, 1.165) is 5.56 Å². The van der Waals surface area contributed by atoms with E-state index in [1.807, 2.05) is 0 Å². The van der Waals surface area contributed by atoms with Crippen molar-refractivity contribution in [1.82, 2.24) is 0 Å². The molecule has 4 heteroatoms. The van der Waals surface area contributed by atoms with Gasteiger partial charge in [0.15, 0.2) is 12.6 Å². The Morgan fingerprint density at radius 2 is 2.15 bits per heavy atom. The minimum atomic E-state index is 0.102. The molecule has 0 fully saturated rings. The number of hydrogen-bond donors (Lipinski definition) is 1. The van der Waals surface area contributed by atoms with Crippen LogP contribution >= 0.6 is 11.3 Å². The summed E-state index contributed by atoms with van der Waals surface area (Å²) in [6.45, 7) is 0.102.